The van der Waals surface area contributed by atoms with E-state index in [1.54, 1.807) is 22.7 Å². The molecule has 2 fully saturated rings. The molecule has 1 aliphatic heterocycles. The molecule has 6 rings (SSSR count). The van der Waals surface area contributed by atoms with Crippen LogP contribution in [-0.2, 0) is 0 Å². The zero-order chi connectivity index (χ0) is 24.4. The Hall–Kier alpha value is -3.04. The smallest absolute Gasteiger partial charge is 0.274 e. The molecule has 1 saturated carbocycles. The van der Waals surface area contributed by atoms with Crippen molar-refractivity contribution in [3.8, 4) is 10.4 Å². The molecule has 0 unspecified atom stereocenters. The SMILES string of the molecule is Cc1cccc(-c2sc(C)nc2C(=O)N2C[C@H]3C[C@H]3[C@H]2CNC(=O)c2c(C)nc3sc(C)cn23)c1. The molecule has 4 heterocycles. The van der Waals surface area contributed by atoms with Gasteiger partial charge in [-0.05, 0) is 51.5 Å². The third kappa shape index (κ3) is 3.87. The molecule has 0 radical (unpaired) electrons. The fraction of sp³-hybridized carbons (Fsp3) is 0.385. The lowest BCUT2D eigenvalue weighted by Crippen LogP contribution is -2.46. The molecule has 0 bridgehead atoms. The van der Waals surface area contributed by atoms with Gasteiger partial charge >= 0.3 is 0 Å². The largest absolute Gasteiger partial charge is 0.349 e. The minimum atomic E-state index is -0.144. The highest BCUT2D eigenvalue weighted by atomic mass is 32.1. The molecule has 180 valence electrons. The van der Waals surface area contributed by atoms with E-state index in [-0.39, 0.29) is 17.9 Å². The van der Waals surface area contributed by atoms with Crippen LogP contribution in [0.15, 0.2) is 30.5 Å². The molecule has 1 aromatic carbocycles. The number of piperidine rings is 1. The molecule has 1 saturated heterocycles. The number of aryl methyl sites for hydroxylation is 4. The van der Waals surface area contributed by atoms with Crippen LogP contribution in [0.25, 0.3) is 15.4 Å². The van der Waals surface area contributed by atoms with Crippen LogP contribution in [0.5, 0.6) is 0 Å². The minimum Gasteiger partial charge on any atom is -0.349 e. The van der Waals surface area contributed by atoms with E-state index in [9.17, 15) is 9.59 Å². The highest BCUT2D eigenvalue weighted by molar-refractivity contribution is 7.17. The van der Waals surface area contributed by atoms with Gasteiger partial charge < -0.3 is 10.2 Å². The number of carbonyl (C=O) groups excluding carboxylic acids is 2. The molecule has 1 N–H and O–H groups in total. The average Bonchev–Trinajstić information content (AvgIpc) is 3.07. The third-order valence-electron chi connectivity index (χ3n) is 7.08. The molecule has 0 spiro atoms. The second-order valence-electron chi connectivity index (χ2n) is 9.71. The number of benzene rings is 1. The van der Waals surface area contributed by atoms with Gasteiger partial charge in [0, 0.05) is 24.2 Å². The normalized spacial score (nSPS) is 20.9. The molecular formula is C26H27N5O2S2. The molecule has 9 heteroatoms. The molecule has 7 nitrogen and oxygen atoms in total. The van der Waals surface area contributed by atoms with Crippen molar-refractivity contribution >= 4 is 39.4 Å². The van der Waals surface area contributed by atoms with Gasteiger partial charge in [0.05, 0.1) is 21.6 Å². The van der Waals surface area contributed by atoms with Crippen molar-refractivity contribution in [3.63, 3.8) is 0 Å². The predicted octanol–water partition coefficient (Wildman–Crippen LogP) is 4.64. The van der Waals surface area contributed by atoms with E-state index in [1.807, 2.05) is 48.4 Å². The van der Waals surface area contributed by atoms with Gasteiger partial charge in [0.25, 0.3) is 11.8 Å². The van der Waals surface area contributed by atoms with Gasteiger partial charge in [0.15, 0.2) is 4.96 Å². The van der Waals surface area contributed by atoms with E-state index >= 15 is 0 Å². The summed E-state index contributed by atoms with van der Waals surface area (Å²) in [6.07, 6.45) is 3.07. The quantitative estimate of drug-likeness (QED) is 0.428. The van der Waals surface area contributed by atoms with Crippen LogP contribution in [0.1, 0.15) is 48.5 Å². The number of nitrogens with one attached hydrogen (secondary N) is 1. The standard InChI is InChI=1S/C26H27N5O2S2/c1-13-6-5-7-17(8-13)23-21(29-16(4)35-23)25(33)30-12-18-9-19(18)20(30)10-27-24(32)22-15(3)28-26-31(22)11-14(2)34-26/h5-8,11,18-20H,9-10,12H2,1-4H3,(H,27,32)/t18-,19-,20-/m1/s1. The first-order valence-corrected chi connectivity index (χ1v) is 13.5. The Morgan fingerprint density at radius 3 is 2.77 bits per heavy atom. The number of thiazole rings is 2. The topological polar surface area (TPSA) is 79.6 Å². The van der Waals surface area contributed by atoms with Crippen LogP contribution in [-0.4, -0.2) is 50.2 Å². The lowest BCUT2D eigenvalue weighted by molar-refractivity contribution is 0.0690. The minimum absolute atomic E-state index is 0.0169. The lowest BCUT2D eigenvalue weighted by Gasteiger charge is -2.27. The fourth-order valence-corrected chi connectivity index (χ4v) is 7.15. The predicted molar refractivity (Wildman–Crippen MR) is 138 cm³/mol. The van der Waals surface area contributed by atoms with Crippen molar-refractivity contribution in [2.45, 2.75) is 40.2 Å². The molecule has 3 aromatic heterocycles. The number of hydrogen-bond acceptors (Lipinski definition) is 6. The Balaban J connectivity index is 1.24. The van der Waals surface area contributed by atoms with Crippen molar-refractivity contribution in [2.24, 2.45) is 11.8 Å². The number of aromatic nitrogens is 3. The fourth-order valence-electron chi connectivity index (χ4n) is 5.38. The molecular weight excluding hydrogens is 478 g/mol. The number of imidazole rings is 1. The zero-order valence-corrected chi connectivity index (χ0v) is 21.8. The maximum atomic E-state index is 13.8. The van der Waals surface area contributed by atoms with Crippen LogP contribution in [0, 0.1) is 39.5 Å². The monoisotopic (exact) mass is 505 g/mol. The Kier molecular flexibility index (Phi) is 5.30. The second kappa shape index (κ2) is 8.27. The van der Waals surface area contributed by atoms with Gasteiger partial charge in [-0.15, -0.1) is 22.7 Å². The van der Waals surface area contributed by atoms with Crippen molar-refractivity contribution in [1.29, 1.82) is 0 Å². The Labute approximate surface area is 211 Å². The molecule has 2 amide bonds. The summed E-state index contributed by atoms with van der Waals surface area (Å²) in [5.74, 6) is 0.783. The molecule has 2 aliphatic rings. The van der Waals surface area contributed by atoms with E-state index in [1.165, 1.54) is 0 Å². The van der Waals surface area contributed by atoms with Crippen molar-refractivity contribution in [3.05, 3.63) is 63.0 Å². The number of fused-ring (bicyclic) bond motifs is 2. The van der Waals surface area contributed by atoms with E-state index < -0.39 is 0 Å². The number of amides is 2. The number of likely N-dealkylation sites (tertiary alicyclic amines) is 1. The Morgan fingerprint density at radius 2 is 1.97 bits per heavy atom. The van der Waals surface area contributed by atoms with Crippen molar-refractivity contribution in [2.75, 3.05) is 13.1 Å². The van der Waals surface area contributed by atoms with Crippen molar-refractivity contribution in [1.82, 2.24) is 24.6 Å². The van der Waals surface area contributed by atoms with Crippen molar-refractivity contribution < 1.29 is 9.59 Å². The highest BCUT2D eigenvalue weighted by Crippen LogP contribution is 2.50. The van der Waals surface area contributed by atoms with Gasteiger partial charge in [-0.25, -0.2) is 9.97 Å². The summed E-state index contributed by atoms with van der Waals surface area (Å²) < 4.78 is 1.87. The van der Waals surface area contributed by atoms with Crippen LogP contribution in [0.3, 0.4) is 0 Å². The average molecular weight is 506 g/mol. The maximum absolute atomic E-state index is 13.8. The summed E-state index contributed by atoms with van der Waals surface area (Å²) >= 11 is 3.13. The summed E-state index contributed by atoms with van der Waals surface area (Å²) in [5, 5.41) is 3.99. The van der Waals surface area contributed by atoms with Crippen LogP contribution >= 0.6 is 22.7 Å². The highest BCUT2D eigenvalue weighted by Gasteiger charge is 2.54. The first-order valence-electron chi connectivity index (χ1n) is 11.9. The summed E-state index contributed by atoms with van der Waals surface area (Å²) in [7, 11) is 0. The summed E-state index contributed by atoms with van der Waals surface area (Å²) in [6, 6.07) is 8.19. The van der Waals surface area contributed by atoms with E-state index in [2.05, 4.69) is 34.3 Å². The maximum Gasteiger partial charge on any atom is 0.274 e. The van der Waals surface area contributed by atoms with Gasteiger partial charge in [0.2, 0.25) is 0 Å². The number of carbonyl (C=O) groups is 2. The third-order valence-corrected chi connectivity index (χ3v) is 9.00. The van der Waals surface area contributed by atoms with Gasteiger partial charge in [0.1, 0.15) is 11.4 Å². The van der Waals surface area contributed by atoms with Gasteiger partial charge in [-0.3, -0.25) is 14.0 Å². The van der Waals surface area contributed by atoms with E-state index in [4.69, 9.17) is 0 Å². The first kappa shape index (κ1) is 22.4. The number of hydrogen-bond donors (Lipinski definition) is 1. The Bertz CT molecular complexity index is 1480. The second-order valence-corrected chi connectivity index (χ2v) is 12.1. The van der Waals surface area contributed by atoms with E-state index in [0.717, 1.165) is 49.5 Å². The molecule has 3 atom stereocenters. The first-order chi connectivity index (χ1) is 16.8. The lowest BCUT2D eigenvalue weighted by atomic mass is 10.1. The molecule has 35 heavy (non-hydrogen) atoms. The number of rotatable bonds is 5. The van der Waals surface area contributed by atoms with Crippen LogP contribution < -0.4 is 5.32 Å². The summed E-state index contributed by atoms with van der Waals surface area (Å²) in [4.78, 5) is 40.9. The summed E-state index contributed by atoms with van der Waals surface area (Å²) in [5.41, 5.74) is 4.00. The Morgan fingerprint density at radius 1 is 1.14 bits per heavy atom. The van der Waals surface area contributed by atoms with Crippen LogP contribution in [0.4, 0.5) is 0 Å². The van der Waals surface area contributed by atoms with E-state index in [0.29, 0.717) is 29.8 Å². The number of nitrogens with zero attached hydrogens (tertiary/aromatic N) is 4. The molecule has 4 aromatic rings. The summed E-state index contributed by atoms with van der Waals surface area (Å²) in [6.45, 7) is 9.04. The van der Waals surface area contributed by atoms with Gasteiger partial charge in [-0.1, -0.05) is 29.8 Å². The zero-order valence-electron chi connectivity index (χ0n) is 20.2. The van der Waals surface area contributed by atoms with Crippen LogP contribution in [0.2, 0.25) is 0 Å². The van der Waals surface area contributed by atoms with Gasteiger partial charge in [-0.2, -0.15) is 0 Å². The molecule has 1 aliphatic carbocycles.